The van der Waals surface area contributed by atoms with Gasteiger partial charge in [-0.25, -0.2) is 9.78 Å². The van der Waals surface area contributed by atoms with E-state index in [-0.39, 0.29) is 5.69 Å². The maximum atomic E-state index is 11.3. The van der Waals surface area contributed by atoms with E-state index in [9.17, 15) is 4.79 Å². The van der Waals surface area contributed by atoms with E-state index in [2.05, 4.69) is 20.0 Å². The highest BCUT2D eigenvalue weighted by Gasteiger charge is 2.08. The molecule has 0 amide bonds. The van der Waals surface area contributed by atoms with Crippen molar-refractivity contribution in [1.82, 2.24) is 9.97 Å². The largest absolute Gasteiger partial charge is 0.464 e. The average molecular weight is 298 g/mol. The molecule has 2 rings (SSSR count). The lowest BCUT2D eigenvalue weighted by atomic mass is 10.3. The number of nitrogens with one attached hydrogen (secondary N) is 1. The van der Waals surface area contributed by atoms with Crippen molar-refractivity contribution in [3.63, 3.8) is 0 Å². The molecule has 0 aliphatic rings. The van der Waals surface area contributed by atoms with Crippen LogP contribution in [0.15, 0.2) is 24.5 Å². The summed E-state index contributed by atoms with van der Waals surface area (Å²) >= 11 is 7.40. The first kappa shape index (κ1) is 13.8. The van der Waals surface area contributed by atoms with Gasteiger partial charge in [0.15, 0.2) is 5.69 Å². The normalized spacial score (nSPS) is 10.2. The lowest BCUT2D eigenvalue weighted by Gasteiger charge is -2.05. The van der Waals surface area contributed by atoms with E-state index in [4.69, 9.17) is 11.6 Å². The van der Waals surface area contributed by atoms with E-state index < -0.39 is 5.97 Å². The van der Waals surface area contributed by atoms with E-state index in [1.807, 2.05) is 12.1 Å². The number of carbonyl (C=O) groups is 1. The van der Waals surface area contributed by atoms with Crippen LogP contribution in [0.1, 0.15) is 15.4 Å². The van der Waals surface area contributed by atoms with Crippen LogP contribution in [0.5, 0.6) is 0 Å². The molecular formula is C12H12ClN3O2S. The summed E-state index contributed by atoms with van der Waals surface area (Å²) in [6.45, 7) is 0.691. The van der Waals surface area contributed by atoms with Crippen molar-refractivity contribution in [2.24, 2.45) is 0 Å². The SMILES string of the molecule is COC(=O)c1cncc(NCCc2ccc(Cl)s2)n1. The zero-order chi connectivity index (χ0) is 13.7. The molecule has 0 aliphatic heterocycles. The minimum absolute atomic E-state index is 0.187. The smallest absolute Gasteiger partial charge is 0.358 e. The quantitative estimate of drug-likeness (QED) is 0.860. The molecule has 7 heteroatoms. The summed E-state index contributed by atoms with van der Waals surface area (Å²) in [5, 5.41) is 3.10. The van der Waals surface area contributed by atoms with Crippen molar-refractivity contribution in [2.75, 3.05) is 19.0 Å². The third-order valence-electron chi connectivity index (χ3n) is 2.34. The molecule has 2 aromatic heterocycles. The Hall–Kier alpha value is -1.66. The summed E-state index contributed by atoms with van der Waals surface area (Å²) < 4.78 is 5.37. The van der Waals surface area contributed by atoms with E-state index in [0.29, 0.717) is 12.4 Å². The third-order valence-corrected chi connectivity index (χ3v) is 3.63. The molecular weight excluding hydrogens is 286 g/mol. The number of rotatable bonds is 5. The van der Waals surface area contributed by atoms with Gasteiger partial charge in [0.1, 0.15) is 5.82 Å². The molecule has 2 heterocycles. The first-order chi connectivity index (χ1) is 9.19. The Bertz CT molecular complexity index is 574. The van der Waals surface area contributed by atoms with Crippen molar-refractivity contribution in [2.45, 2.75) is 6.42 Å². The highest BCUT2D eigenvalue weighted by atomic mass is 35.5. The van der Waals surface area contributed by atoms with Crippen LogP contribution in [0, 0.1) is 0 Å². The van der Waals surface area contributed by atoms with Gasteiger partial charge < -0.3 is 10.1 Å². The van der Waals surface area contributed by atoms with Gasteiger partial charge in [-0.3, -0.25) is 4.98 Å². The predicted molar refractivity (Wildman–Crippen MR) is 74.9 cm³/mol. The Morgan fingerprint density at radius 2 is 2.32 bits per heavy atom. The summed E-state index contributed by atoms with van der Waals surface area (Å²) in [5.74, 6) is 0.0479. The van der Waals surface area contributed by atoms with Crippen LogP contribution in [0.25, 0.3) is 0 Å². The van der Waals surface area contributed by atoms with Crippen molar-refractivity contribution < 1.29 is 9.53 Å². The lowest BCUT2D eigenvalue weighted by molar-refractivity contribution is 0.0593. The molecule has 0 aliphatic carbocycles. The summed E-state index contributed by atoms with van der Waals surface area (Å²) in [6, 6.07) is 3.87. The van der Waals surface area contributed by atoms with Crippen LogP contribution in [0.4, 0.5) is 5.82 Å². The van der Waals surface area contributed by atoms with E-state index in [1.165, 1.54) is 18.2 Å². The topological polar surface area (TPSA) is 64.1 Å². The number of hydrogen-bond donors (Lipinski definition) is 1. The predicted octanol–water partition coefficient (Wildman–Crippen LogP) is 2.63. The highest BCUT2D eigenvalue weighted by molar-refractivity contribution is 7.16. The Kier molecular flexibility index (Phi) is 4.70. The molecule has 0 spiro atoms. The number of esters is 1. The second-order valence-corrected chi connectivity index (χ2v) is 5.46. The lowest BCUT2D eigenvalue weighted by Crippen LogP contribution is -2.10. The zero-order valence-electron chi connectivity index (χ0n) is 10.2. The molecule has 0 radical (unpaired) electrons. The van der Waals surface area contributed by atoms with Crippen molar-refractivity contribution in [3.8, 4) is 0 Å². The Labute approximate surface area is 119 Å². The van der Waals surface area contributed by atoms with Crippen LogP contribution in [0.3, 0.4) is 0 Å². The van der Waals surface area contributed by atoms with Gasteiger partial charge in [0.25, 0.3) is 0 Å². The number of ether oxygens (including phenoxy) is 1. The molecule has 0 fully saturated rings. The Balaban J connectivity index is 1.90. The second-order valence-electron chi connectivity index (χ2n) is 3.66. The molecule has 1 N–H and O–H groups in total. The number of thiophene rings is 1. The molecule has 0 saturated carbocycles. The van der Waals surface area contributed by atoms with Crippen LogP contribution in [-0.2, 0) is 11.2 Å². The molecule has 0 unspecified atom stereocenters. The number of nitrogens with zero attached hydrogens (tertiary/aromatic N) is 2. The number of anilines is 1. The van der Waals surface area contributed by atoms with Crippen LogP contribution >= 0.6 is 22.9 Å². The minimum atomic E-state index is -0.499. The summed E-state index contributed by atoms with van der Waals surface area (Å²) in [5.41, 5.74) is 0.187. The maximum Gasteiger partial charge on any atom is 0.358 e. The van der Waals surface area contributed by atoms with Gasteiger partial charge in [-0.05, 0) is 18.6 Å². The van der Waals surface area contributed by atoms with Gasteiger partial charge >= 0.3 is 5.97 Å². The summed E-state index contributed by atoms with van der Waals surface area (Å²) in [7, 11) is 1.31. The van der Waals surface area contributed by atoms with Crippen molar-refractivity contribution >= 4 is 34.7 Å². The third kappa shape index (κ3) is 3.90. The molecule has 2 aromatic rings. The van der Waals surface area contributed by atoms with Gasteiger partial charge in [0, 0.05) is 11.4 Å². The number of halogens is 1. The molecule has 100 valence electrons. The van der Waals surface area contributed by atoms with Gasteiger partial charge in [0.05, 0.1) is 23.8 Å². The number of carbonyl (C=O) groups excluding carboxylic acids is 1. The zero-order valence-corrected chi connectivity index (χ0v) is 11.8. The number of methoxy groups -OCH3 is 1. The van der Waals surface area contributed by atoms with Crippen molar-refractivity contribution in [1.29, 1.82) is 0 Å². The van der Waals surface area contributed by atoms with Gasteiger partial charge in [-0.2, -0.15) is 0 Å². The monoisotopic (exact) mass is 297 g/mol. The fraction of sp³-hybridized carbons (Fsp3) is 0.250. The van der Waals surface area contributed by atoms with Gasteiger partial charge in [-0.1, -0.05) is 11.6 Å². The highest BCUT2D eigenvalue weighted by Crippen LogP contribution is 2.21. The van der Waals surface area contributed by atoms with E-state index in [1.54, 1.807) is 17.5 Å². The molecule has 5 nitrogen and oxygen atoms in total. The Morgan fingerprint density at radius 3 is 3.00 bits per heavy atom. The van der Waals surface area contributed by atoms with Crippen LogP contribution in [-0.4, -0.2) is 29.6 Å². The molecule has 0 saturated heterocycles. The number of hydrogen-bond acceptors (Lipinski definition) is 6. The summed E-state index contributed by atoms with van der Waals surface area (Å²) in [6.07, 6.45) is 3.77. The Morgan fingerprint density at radius 1 is 1.47 bits per heavy atom. The molecule has 0 bridgehead atoms. The van der Waals surface area contributed by atoms with Gasteiger partial charge in [-0.15, -0.1) is 11.3 Å². The average Bonchev–Trinajstić information content (AvgIpc) is 2.84. The molecule has 19 heavy (non-hydrogen) atoms. The maximum absolute atomic E-state index is 11.3. The first-order valence-corrected chi connectivity index (χ1v) is 6.77. The molecule has 0 aromatic carbocycles. The van der Waals surface area contributed by atoms with Crippen LogP contribution in [0.2, 0.25) is 4.34 Å². The van der Waals surface area contributed by atoms with Gasteiger partial charge in [0.2, 0.25) is 0 Å². The molecule has 0 atom stereocenters. The second kappa shape index (κ2) is 6.49. The van der Waals surface area contributed by atoms with Crippen molar-refractivity contribution in [3.05, 3.63) is 39.4 Å². The standard InChI is InChI=1S/C12H12ClN3O2S/c1-18-12(17)9-6-14-7-11(16-9)15-5-4-8-2-3-10(13)19-8/h2-3,6-7H,4-5H2,1H3,(H,15,16). The fourth-order valence-electron chi connectivity index (χ4n) is 1.45. The van der Waals surface area contributed by atoms with E-state index in [0.717, 1.165) is 10.8 Å². The minimum Gasteiger partial charge on any atom is -0.464 e. The van der Waals surface area contributed by atoms with Crippen LogP contribution < -0.4 is 5.32 Å². The van der Waals surface area contributed by atoms with E-state index >= 15 is 0 Å². The fourth-order valence-corrected chi connectivity index (χ4v) is 2.54. The first-order valence-electron chi connectivity index (χ1n) is 5.57. The summed E-state index contributed by atoms with van der Waals surface area (Å²) in [4.78, 5) is 20.5. The number of aromatic nitrogens is 2.